The summed E-state index contributed by atoms with van der Waals surface area (Å²) in [6, 6.07) is 16.0. The average Bonchev–Trinajstić information content (AvgIpc) is 2.96. The maximum Gasteiger partial charge on any atom is 0.412 e. The molecular formula is C31H31Cl2F2N3O3. The van der Waals surface area contributed by atoms with Crippen molar-refractivity contribution in [1.29, 1.82) is 0 Å². The van der Waals surface area contributed by atoms with E-state index < -0.39 is 17.6 Å². The normalized spacial score (nSPS) is 17.0. The molecule has 6 nitrogen and oxygen atoms in total. The SMILES string of the molecule is CCN(Cc1ccccc1F)C(=O)C(CCN1CCC2(CC1)OC(=O)Nc1ccc(F)cc12)c1ccc(Cl)c(Cl)c1. The third-order valence-electron chi connectivity index (χ3n) is 8.05. The first-order chi connectivity index (χ1) is 19.7. The first kappa shape index (κ1) is 29.3. The van der Waals surface area contributed by atoms with E-state index in [9.17, 15) is 18.4 Å². The van der Waals surface area contributed by atoms with Crippen molar-refractivity contribution in [2.75, 3.05) is 31.5 Å². The number of likely N-dealkylation sites (N-methyl/N-ethyl adjacent to an activating group) is 1. The summed E-state index contributed by atoms with van der Waals surface area (Å²) in [7, 11) is 0. The van der Waals surface area contributed by atoms with E-state index in [4.69, 9.17) is 27.9 Å². The molecule has 1 fully saturated rings. The van der Waals surface area contributed by atoms with Crippen LogP contribution in [-0.4, -0.2) is 48.0 Å². The smallest absolute Gasteiger partial charge is 0.412 e. The van der Waals surface area contributed by atoms with E-state index >= 15 is 0 Å². The molecule has 1 atom stereocenters. The molecule has 1 N–H and O–H groups in total. The standard InChI is InChI=1S/C31H31Cl2F2N3O3/c1-2-38(19-21-5-3-4-6-27(21)35)29(39)23(20-7-9-25(32)26(33)17-20)11-14-37-15-12-31(13-16-37)24-18-22(34)8-10-28(24)36-30(40)41-31/h3-10,17-18,23H,2,11-16,19H2,1H3,(H,36,40). The van der Waals surface area contributed by atoms with Crippen LogP contribution in [0, 0.1) is 11.6 Å². The molecule has 3 aromatic rings. The van der Waals surface area contributed by atoms with Gasteiger partial charge in [-0.25, -0.2) is 13.6 Å². The number of piperidine rings is 1. The predicted molar refractivity (Wildman–Crippen MR) is 155 cm³/mol. The molecule has 0 aliphatic carbocycles. The largest absolute Gasteiger partial charge is 0.438 e. The number of ether oxygens (including phenoxy) is 1. The second kappa shape index (κ2) is 12.3. The van der Waals surface area contributed by atoms with Crippen LogP contribution in [0.5, 0.6) is 0 Å². The number of nitrogens with zero attached hydrogens (tertiary/aromatic N) is 2. The maximum atomic E-state index is 14.4. The third-order valence-corrected chi connectivity index (χ3v) is 8.79. The van der Waals surface area contributed by atoms with Crippen molar-refractivity contribution in [3.63, 3.8) is 0 Å². The molecule has 0 radical (unpaired) electrons. The topological polar surface area (TPSA) is 61.9 Å². The van der Waals surface area contributed by atoms with Crippen LogP contribution in [0.4, 0.5) is 19.3 Å². The molecule has 41 heavy (non-hydrogen) atoms. The molecule has 0 saturated carbocycles. The van der Waals surface area contributed by atoms with Crippen LogP contribution < -0.4 is 5.32 Å². The van der Waals surface area contributed by atoms with Crippen molar-refractivity contribution in [2.24, 2.45) is 0 Å². The van der Waals surface area contributed by atoms with Gasteiger partial charge in [0.2, 0.25) is 5.91 Å². The lowest BCUT2D eigenvalue weighted by Crippen LogP contribution is -2.48. The minimum absolute atomic E-state index is 0.126. The third kappa shape index (κ3) is 6.35. The lowest BCUT2D eigenvalue weighted by Gasteiger charge is -2.44. The van der Waals surface area contributed by atoms with E-state index in [0.717, 1.165) is 5.56 Å². The van der Waals surface area contributed by atoms with Gasteiger partial charge in [0.1, 0.15) is 17.2 Å². The summed E-state index contributed by atoms with van der Waals surface area (Å²) in [5.74, 6) is -1.39. The molecule has 216 valence electrons. The van der Waals surface area contributed by atoms with E-state index in [1.807, 2.05) is 6.92 Å². The molecule has 2 aliphatic rings. The molecule has 2 aliphatic heterocycles. The van der Waals surface area contributed by atoms with Crippen LogP contribution in [0.15, 0.2) is 60.7 Å². The van der Waals surface area contributed by atoms with Crippen LogP contribution in [0.25, 0.3) is 0 Å². The number of carbonyl (C=O) groups is 2. The first-order valence-corrected chi connectivity index (χ1v) is 14.4. The molecule has 5 rings (SSSR count). The van der Waals surface area contributed by atoms with Gasteiger partial charge in [0.05, 0.1) is 21.7 Å². The number of carbonyl (C=O) groups excluding carboxylic acids is 2. The van der Waals surface area contributed by atoms with Crippen molar-refractivity contribution in [3.05, 3.63) is 99.0 Å². The summed E-state index contributed by atoms with van der Waals surface area (Å²) >= 11 is 12.5. The van der Waals surface area contributed by atoms with Gasteiger partial charge in [-0.05, 0) is 61.9 Å². The Balaban J connectivity index is 1.32. The molecule has 0 bridgehead atoms. The monoisotopic (exact) mass is 601 g/mol. The summed E-state index contributed by atoms with van der Waals surface area (Å²) in [5, 5.41) is 3.42. The number of benzene rings is 3. The molecule has 2 amide bonds. The molecule has 2 heterocycles. The molecule has 3 aromatic carbocycles. The highest BCUT2D eigenvalue weighted by Gasteiger charge is 2.44. The van der Waals surface area contributed by atoms with Crippen molar-refractivity contribution in [2.45, 2.75) is 44.2 Å². The highest BCUT2D eigenvalue weighted by atomic mass is 35.5. The Hall–Kier alpha value is -3.20. The number of hydrogen-bond acceptors (Lipinski definition) is 4. The van der Waals surface area contributed by atoms with Gasteiger partial charge in [-0.1, -0.05) is 47.5 Å². The first-order valence-electron chi connectivity index (χ1n) is 13.7. The van der Waals surface area contributed by atoms with E-state index in [0.29, 0.717) is 72.3 Å². The Bertz CT molecular complexity index is 1450. The Labute approximate surface area is 248 Å². The second-order valence-electron chi connectivity index (χ2n) is 10.5. The number of rotatable bonds is 8. The van der Waals surface area contributed by atoms with Crippen LogP contribution in [0.3, 0.4) is 0 Å². The Morgan fingerprint density at radius 2 is 1.83 bits per heavy atom. The number of halogens is 4. The van der Waals surface area contributed by atoms with Crippen molar-refractivity contribution in [1.82, 2.24) is 9.80 Å². The quantitative estimate of drug-likeness (QED) is 0.293. The van der Waals surface area contributed by atoms with Crippen molar-refractivity contribution < 1.29 is 23.1 Å². The maximum absolute atomic E-state index is 14.4. The van der Waals surface area contributed by atoms with Crippen molar-refractivity contribution in [3.8, 4) is 0 Å². The van der Waals surface area contributed by atoms with Gasteiger partial charge >= 0.3 is 6.09 Å². The summed E-state index contributed by atoms with van der Waals surface area (Å²) < 4.78 is 34.3. The number of fused-ring (bicyclic) bond motifs is 2. The highest BCUT2D eigenvalue weighted by Crippen LogP contribution is 2.44. The molecule has 10 heteroatoms. The highest BCUT2D eigenvalue weighted by molar-refractivity contribution is 6.42. The Kier molecular flexibility index (Phi) is 8.82. The fraction of sp³-hybridized carbons (Fsp3) is 0.355. The fourth-order valence-corrected chi connectivity index (χ4v) is 6.06. The van der Waals surface area contributed by atoms with E-state index in [2.05, 4.69) is 10.2 Å². The predicted octanol–water partition coefficient (Wildman–Crippen LogP) is 7.35. The molecule has 1 saturated heterocycles. The number of nitrogens with one attached hydrogen (secondary N) is 1. The molecular weight excluding hydrogens is 571 g/mol. The summed E-state index contributed by atoms with van der Waals surface area (Å²) in [6.07, 6.45) is 0.939. The average molecular weight is 603 g/mol. The zero-order valence-corrected chi connectivity index (χ0v) is 24.2. The minimum Gasteiger partial charge on any atom is -0.438 e. The zero-order chi connectivity index (χ0) is 29.1. The van der Waals surface area contributed by atoms with Gasteiger partial charge in [0.15, 0.2) is 0 Å². The summed E-state index contributed by atoms with van der Waals surface area (Å²) in [5.41, 5.74) is 1.50. The van der Waals surface area contributed by atoms with Crippen LogP contribution in [0.1, 0.15) is 48.8 Å². The molecule has 1 unspecified atom stereocenters. The van der Waals surface area contributed by atoms with Crippen LogP contribution in [0.2, 0.25) is 10.0 Å². The summed E-state index contributed by atoms with van der Waals surface area (Å²) in [6.45, 7) is 4.21. The van der Waals surface area contributed by atoms with Crippen molar-refractivity contribution >= 4 is 40.9 Å². The lowest BCUT2D eigenvalue weighted by atomic mass is 9.82. The number of likely N-dealkylation sites (tertiary alicyclic amines) is 1. The van der Waals surface area contributed by atoms with Crippen LogP contribution in [-0.2, 0) is 21.7 Å². The van der Waals surface area contributed by atoms with E-state index in [-0.39, 0.29) is 24.1 Å². The number of hydrogen-bond donors (Lipinski definition) is 1. The van der Waals surface area contributed by atoms with E-state index in [1.165, 1.54) is 18.2 Å². The second-order valence-corrected chi connectivity index (χ2v) is 11.3. The van der Waals surface area contributed by atoms with Crippen LogP contribution >= 0.6 is 23.2 Å². The Morgan fingerprint density at radius 1 is 1.07 bits per heavy atom. The number of amides is 2. The van der Waals surface area contributed by atoms with Gasteiger partial charge in [-0.3, -0.25) is 10.1 Å². The fourth-order valence-electron chi connectivity index (χ4n) is 5.75. The Morgan fingerprint density at radius 3 is 2.54 bits per heavy atom. The minimum atomic E-state index is -0.895. The van der Waals surface area contributed by atoms with Gasteiger partial charge in [0.25, 0.3) is 0 Å². The lowest BCUT2D eigenvalue weighted by molar-refractivity contribution is -0.133. The van der Waals surface area contributed by atoms with E-state index in [1.54, 1.807) is 47.4 Å². The summed E-state index contributed by atoms with van der Waals surface area (Å²) in [4.78, 5) is 30.1. The van der Waals surface area contributed by atoms with Gasteiger partial charge in [-0.15, -0.1) is 0 Å². The zero-order valence-electron chi connectivity index (χ0n) is 22.6. The van der Waals surface area contributed by atoms with Gasteiger partial charge in [0, 0.05) is 50.1 Å². The molecule has 0 aromatic heterocycles. The molecule has 1 spiro atoms. The van der Waals surface area contributed by atoms with Gasteiger partial charge < -0.3 is 14.5 Å². The van der Waals surface area contributed by atoms with Gasteiger partial charge in [-0.2, -0.15) is 0 Å². The number of anilines is 1.